The predicted octanol–water partition coefficient (Wildman–Crippen LogP) is 4.97. The number of pyridine rings is 1. The molecule has 2 aromatic heterocycles. The fraction of sp³-hybridized carbons (Fsp3) is 0.174. The van der Waals surface area contributed by atoms with Gasteiger partial charge in [0, 0.05) is 29.2 Å². The zero-order chi connectivity index (χ0) is 20.0. The number of aromatic amines is 1. The van der Waals surface area contributed by atoms with Crippen molar-refractivity contribution < 1.29 is 4.79 Å². The second-order valence-corrected chi connectivity index (χ2v) is 8.20. The Morgan fingerprint density at radius 1 is 1.14 bits per heavy atom. The Kier molecular flexibility index (Phi) is 4.43. The summed E-state index contributed by atoms with van der Waals surface area (Å²) in [6.07, 6.45) is 2.46. The van der Waals surface area contributed by atoms with E-state index in [-0.39, 0.29) is 11.9 Å². The number of aromatic nitrogens is 3. The lowest BCUT2D eigenvalue weighted by atomic mass is 10.0. The first-order chi connectivity index (χ1) is 14.1. The van der Waals surface area contributed by atoms with Gasteiger partial charge in [0.15, 0.2) is 0 Å². The summed E-state index contributed by atoms with van der Waals surface area (Å²) in [6, 6.07) is 17.9. The third-order valence-electron chi connectivity index (χ3n) is 5.43. The predicted molar refractivity (Wildman–Crippen MR) is 116 cm³/mol. The van der Waals surface area contributed by atoms with E-state index in [4.69, 9.17) is 0 Å². The van der Waals surface area contributed by atoms with Crippen LogP contribution >= 0.6 is 15.9 Å². The number of halogens is 1. The highest BCUT2D eigenvalue weighted by Crippen LogP contribution is 2.37. The number of rotatable bonds is 4. The molecule has 2 aromatic carbocycles. The van der Waals surface area contributed by atoms with E-state index in [0.29, 0.717) is 13.0 Å². The van der Waals surface area contributed by atoms with Gasteiger partial charge < -0.3 is 9.88 Å². The minimum absolute atomic E-state index is 0.0518. The maximum absolute atomic E-state index is 13.2. The van der Waals surface area contributed by atoms with Crippen LogP contribution in [0.5, 0.6) is 0 Å². The van der Waals surface area contributed by atoms with Crippen LogP contribution in [0.3, 0.4) is 0 Å². The molecule has 1 amide bonds. The molecule has 0 bridgehead atoms. The molecule has 4 aromatic rings. The molecule has 1 aliphatic rings. The molecule has 0 aliphatic carbocycles. The number of nitrogens with zero attached hydrogens (tertiary/aromatic N) is 3. The molecule has 0 saturated carbocycles. The molecule has 0 saturated heterocycles. The zero-order valence-electron chi connectivity index (χ0n) is 15.9. The molecule has 5 nitrogen and oxygen atoms in total. The first-order valence-electron chi connectivity index (χ1n) is 9.54. The van der Waals surface area contributed by atoms with Crippen LogP contribution in [0, 0.1) is 6.92 Å². The van der Waals surface area contributed by atoms with E-state index in [2.05, 4.69) is 43.0 Å². The van der Waals surface area contributed by atoms with Gasteiger partial charge in [0.25, 0.3) is 5.91 Å². The fourth-order valence-electron chi connectivity index (χ4n) is 4.08. The van der Waals surface area contributed by atoms with Crippen LogP contribution < -0.4 is 0 Å². The number of hydrogen-bond acceptors (Lipinski definition) is 3. The topological polar surface area (TPSA) is 61.9 Å². The molecule has 0 fully saturated rings. The van der Waals surface area contributed by atoms with Crippen molar-refractivity contribution in [1.29, 1.82) is 0 Å². The van der Waals surface area contributed by atoms with Crippen LogP contribution in [0.4, 0.5) is 0 Å². The van der Waals surface area contributed by atoms with Crippen LogP contribution in [0.25, 0.3) is 11.0 Å². The molecule has 29 heavy (non-hydrogen) atoms. The number of fused-ring (bicyclic) bond motifs is 2. The molecule has 3 heterocycles. The average molecular weight is 447 g/mol. The number of H-pyrrole nitrogens is 1. The number of imidazole rings is 1. The van der Waals surface area contributed by atoms with E-state index >= 15 is 0 Å². The SMILES string of the molecule is Cc1nc2ccc(CN3C(=O)c4ccccc4C3Cc3ncccc3Br)cc2[nH]1. The Morgan fingerprint density at radius 2 is 2.00 bits per heavy atom. The Balaban J connectivity index is 1.52. The highest BCUT2D eigenvalue weighted by atomic mass is 79.9. The number of aryl methyl sites for hydroxylation is 1. The van der Waals surface area contributed by atoms with Crippen molar-refractivity contribution in [3.8, 4) is 0 Å². The average Bonchev–Trinajstić information content (AvgIpc) is 3.21. The fourth-order valence-corrected chi connectivity index (χ4v) is 4.50. The molecule has 1 atom stereocenters. The van der Waals surface area contributed by atoms with Crippen molar-refractivity contribution in [2.45, 2.75) is 25.9 Å². The summed E-state index contributed by atoms with van der Waals surface area (Å²) >= 11 is 3.60. The third-order valence-corrected chi connectivity index (χ3v) is 6.15. The van der Waals surface area contributed by atoms with Crippen LogP contribution in [-0.4, -0.2) is 25.8 Å². The summed E-state index contributed by atoms with van der Waals surface area (Å²) in [4.78, 5) is 27.5. The van der Waals surface area contributed by atoms with Gasteiger partial charge in [0.1, 0.15) is 5.82 Å². The number of carbonyl (C=O) groups is 1. The van der Waals surface area contributed by atoms with Gasteiger partial charge in [-0.05, 0) is 64.3 Å². The van der Waals surface area contributed by atoms with Crippen LogP contribution in [0.15, 0.2) is 65.3 Å². The minimum atomic E-state index is -0.0518. The number of hydrogen-bond donors (Lipinski definition) is 1. The molecule has 1 N–H and O–H groups in total. The van der Waals surface area contributed by atoms with Gasteiger partial charge in [0.2, 0.25) is 0 Å². The highest BCUT2D eigenvalue weighted by molar-refractivity contribution is 9.10. The Morgan fingerprint density at radius 3 is 2.86 bits per heavy atom. The summed E-state index contributed by atoms with van der Waals surface area (Å²) in [6.45, 7) is 2.48. The Hall–Kier alpha value is -2.99. The van der Waals surface area contributed by atoms with Crippen molar-refractivity contribution in [2.75, 3.05) is 0 Å². The van der Waals surface area contributed by atoms with E-state index in [1.807, 2.05) is 54.3 Å². The lowest BCUT2D eigenvalue weighted by Crippen LogP contribution is -2.29. The molecular weight excluding hydrogens is 428 g/mol. The van der Waals surface area contributed by atoms with E-state index in [1.165, 1.54) is 0 Å². The van der Waals surface area contributed by atoms with Crippen molar-refractivity contribution >= 4 is 32.9 Å². The number of carbonyl (C=O) groups excluding carboxylic acids is 1. The van der Waals surface area contributed by atoms with Crippen molar-refractivity contribution in [1.82, 2.24) is 19.9 Å². The summed E-state index contributed by atoms with van der Waals surface area (Å²) in [7, 11) is 0. The summed E-state index contributed by atoms with van der Waals surface area (Å²) in [5, 5.41) is 0. The molecule has 0 spiro atoms. The first kappa shape index (κ1) is 18.1. The molecular formula is C23H19BrN4O. The van der Waals surface area contributed by atoms with Crippen molar-refractivity contribution in [3.63, 3.8) is 0 Å². The smallest absolute Gasteiger partial charge is 0.255 e. The maximum Gasteiger partial charge on any atom is 0.255 e. The molecule has 6 heteroatoms. The van der Waals surface area contributed by atoms with Crippen LogP contribution in [0.2, 0.25) is 0 Å². The normalized spacial score (nSPS) is 15.9. The standard InChI is InChI=1S/C23H19BrN4O/c1-14-26-19-9-8-15(11-21(19)27-14)13-28-22(12-20-18(24)7-4-10-25-20)16-5-2-3-6-17(16)23(28)29/h2-11,22H,12-13H2,1H3,(H,26,27). The van der Waals surface area contributed by atoms with E-state index < -0.39 is 0 Å². The van der Waals surface area contributed by atoms with Gasteiger partial charge >= 0.3 is 0 Å². The third kappa shape index (κ3) is 3.23. The second kappa shape index (κ2) is 7.12. The highest BCUT2D eigenvalue weighted by Gasteiger charge is 2.36. The van der Waals surface area contributed by atoms with Crippen LogP contribution in [-0.2, 0) is 13.0 Å². The molecule has 1 unspecified atom stereocenters. The maximum atomic E-state index is 13.2. The summed E-state index contributed by atoms with van der Waals surface area (Å²) in [5.74, 6) is 0.957. The van der Waals surface area contributed by atoms with E-state index in [1.54, 1.807) is 6.20 Å². The molecule has 0 radical (unpaired) electrons. The van der Waals surface area contributed by atoms with Crippen LogP contribution in [0.1, 0.15) is 39.0 Å². The van der Waals surface area contributed by atoms with E-state index in [9.17, 15) is 4.79 Å². The quantitative estimate of drug-likeness (QED) is 0.481. The largest absolute Gasteiger partial charge is 0.342 e. The lowest BCUT2D eigenvalue weighted by Gasteiger charge is -2.26. The first-order valence-corrected chi connectivity index (χ1v) is 10.3. The molecule has 144 valence electrons. The van der Waals surface area contributed by atoms with E-state index in [0.717, 1.165) is 43.7 Å². The van der Waals surface area contributed by atoms with Gasteiger partial charge in [-0.2, -0.15) is 0 Å². The second-order valence-electron chi connectivity index (χ2n) is 7.35. The van der Waals surface area contributed by atoms with Gasteiger partial charge in [-0.3, -0.25) is 9.78 Å². The Bertz CT molecular complexity index is 1230. The van der Waals surface area contributed by atoms with Gasteiger partial charge in [-0.25, -0.2) is 4.98 Å². The minimum Gasteiger partial charge on any atom is -0.342 e. The van der Waals surface area contributed by atoms with Crippen molar-refractivity contribution in [2.24, 2.45) is 0 Å². The Labute approximate surface area is 176 Å². The van der Waals surface area contributed by atoms with Gasteiger partial charge in [-0.15, -0.1) is 0 Å². The monoisotopic (exact) mass is 446 g/mol. The summed E-state index contributed by atoms with van der Waals surface area (Å²) in [5.41, 5.74) is 5.81. The zero-order valence-corrected chi connectivity index (χ0v) is 17.5. The number of nitrogens with one attached hydrogen (secondary N) is 1. The molecule has 1 aliphatic heterocycles. The number of amides is 1. The number of benzene rings is 2. The van der Waals surface area contributed by atoms with Gasteiger partial charge in [0.05, 0.1) is 22.8 Å². The van der Waals surface area contributed by atoms with Crippen molar-refractivity contribution in [3.05, 3.63) is 93.5 Å². The lowest BCUT2D eigenvalue weighted by molar-refractivity contribution is 0.0708. The summed E-state index contributed by atoms with van der Waals surface area (Å²) < 4.78 is 0.964. The van der Waals surface area contributed by atoms with Gasteiger partial charge in [-0.1, -0.05) is 24.3 Å². The molecule has 5 rings (SSSR count).